The topological polar surface area (TPSA) is 116 Å². The summed E-state index contributed by atoms with van der Waals surface area (Å²) in [5.41, 5.74) is 7.70. The van der Waals surface area contributed by atoms with Crippen LogP contribution in [0.4, 0.5) is 0 Å². The first-order chi connectivity index (χ1) is 14.8. The van der Waals surface area contributed by atoms with Gasteiger partial charge in [0.15, 0.2) is 12.2 Å². The van der Waals surface area contributed by atoms with Crippen molar-refractivity contribution in [3.05, 3.63) is 56.7 Å². The fourth-order valence-electron chi connectivity index (χ4n) is 3.53. The maximum Gasteiger partial charge on any atom is 0.255 e. The van der Waals surface area contributed by atoms with Gasteiger partial charge in [-0.25, -0.2) is 0 Å². The van der Waals surface area contributed by atoms with Gasteiger partial charge in [0.1, 0.15) is 0 Å². The molecular weight excluding hydrogens is 458 g/mol. The number of nitrogens with two attached hydrogens (primary N) is 1. The monoisotopic (exact) mass is 481 g/mol. The Morgan fingerprint density at radius 3 is 2.77 bits per heavy atom. The number of aliphatic hydroxyl groups excluding tert-OH is 2. The van der Waals surface area contributed by atoms with Crippen LogP contribution in [0.2, 0.25) is 5.02 Å². The maximum atomic E-state index is 12.5. The Balaban J connectivity index is 1.53. The number of benzene rings is 1. The molecule has 1 saturated heterocycles. The van der Waals surface area contributed by atoms with Gasteiger partial charge in [0.25, 0.3) is 11.8 Å². The van der Waals surface area contributed by atoms with Crippen LogP contribution in [0.1, 0.15) is 28.8 Å². The van der Waals surface area contributed by atoms with Gasteiger partial charge < -0.3 is 26.2 Å². The molecule has 1 aromatic heterocycles. The minimum atomic E-state index is -1.89. The molecule has 0 unspecified atom stereocenters. The number of nitrogens with one attached hydrogen (secondary N) is 1. The number of aliphatic hydroxyl groups is 2. The van der Waals surface area contributed by atoms with Crippen molar-refractivity contribution in [1.82, 2.24) is 10.2 Å². The lowest BCUT2D eigenvalue weighted by molar-refractivity contribution is -0.153. The van der Waals surface area contributed by atoms with Gasteiger partial charge in [0.05, 0.1) is 17.6 Å². The van der Waals surface area contributed by atoms with Crippen molar-refractivity contribution >= 4 is 52.0 Å². The van der Waals surface area contributed by atoms with Gasteiger partial charge in [-0.3, -0.25) is 9.59 Å². The molecular formula is C21H24ClN3O4S2. The van der Waals surface area contributed by atoms with Gasteiger partial charge in [0.2, 0.25) is 0 Å². The number of carbonyl (C=O) groups excluding carboxylic acids is 2. The number of nitrogens with zero attached hydrogens (tertiary/aromatic N) is 1. The standard InChI is InChI=1S/C21H24ClN3O4S2/c22-15-5-2-1-4-13(15)8-12-9-14(31-11-12)10-24-20(28)17(26)18(27)21(29)25-7-3-6-16(25)19(23)30/h1-2,4-5,9,11,16-18,26-27H,3,6-8,10H2,(H2,23,30)(H,24,28)/t16-,17-,18-/m1/s1. The molecule has 1 fully saturated rings. The Morgan fingerprint density at radius 1 is 1.32 bits per heavy atom. The Morgan fingerprint density at radius 2 is 2.06 bits per heavy atom. The summed E-state index contributed by atoms with van der Waals surface area (Å²) < 4.78 is 0. The minimum Gasteiger partial charge on any atom is -0.392 e. The third kappa shape index (κ3) is 5.81. The molecule has 2 amide bonds. The van der Waals surface area contributed by atoms with Crippen LogP contribution in [-0.2, 0) is 22.6 Å². The van der Waals surface area contributed by atoms with Crippen molar-refractivity contribution in [1.29, 1.82) is 0 Å². The van der Waals surface area contributed by atoms with Gasteiger partial charge >= 0.3 is 0 Å². The average Bonchev–Trinajstić information content (AvgIpc) is 3.41. The molecule has 2 aromatic rings. The Bertz CT molecular complexity index is 968. The summed E-state index contributed by atoms with van der Waals surface area (Å²) in [4.78, 5) is 27.1. The summed E-state index contributed by atoms with van der Waals surface area (Å²) in [7, 11) is 0. The molecule has 0 aliphatic carbocycles. The summed E-state index contributed by atoms with van der Waals surface area (Å²) in [6.45, 7) is 0.541. The predicted molar refractivity (Wildman–Crippen MR) is 124 cm³/mol. The number of thiophene rings is 1. The zero-order valence-electron chi connectivity index (χ0n) is 16.7. The van der Waals surface area contributed by atoms with E-state index in [4.69, 9.17) is 29.6 Å². The summed E-state index contributed by atoms with van der Waals surface area (Å²) >= 11 is 12.6. The van der Waals surface area contributed by atoms with Crippen molar-refractivity contribution in [2.75, 3.05) is 6.54 Å². The van der Waals surface area contributed by atoms with Crippen LogP contribution in [0.15, 0.2) is 35.7 Å². The lowest BCUT2D eigenvalue weighted by Gasteiger charge is -2.27. The second-order valence-corrected chi connectivity index (χ2v) is 9.26. The Kier molecular flexibility index (Phi) is 8.01. The van der Waals surface area contributed by atoms with Crippen molar-refractivity contribution in [2.45, 2.75) is 44.1 Å². The lowest BCUT2D eigenvalue weighted by Crippen LogP contribution is -2.53. The molecule has 5 N–H and O–H groups in total. The molecule has 7 nitrogen and oxygen atoms in total. The molecule has 0 bridgehead atoms. The normalized spacial score (nSPS) is 17.9. The van der Waals surface area contributed by atoms with E-state index in [1.807, 2.05) is 35.7 Å². The third-order valence-corrected chi connectivity index (χ3v) is 6.81. The summed E-state index contributed by atoms with van der Waals surface area (Å²) in [5.74, 6) is -1.58. The summed E-state index contributed by atoms with van der Waals surface area (Å²) in [6, 6.07) is 9.07. The molecule has 10 heteroatoms. The van der Waals surface area contributed by atoms with Crippen molar-refractivity contribution in [3.8, 4) is 0 Å². The van der Waals surface area contributed by atoms with E-state index in [1.54, 1.807) is 0 Å². The lowest BCUT2D eigenvalue weighted by atomic mass is 10.1. The number of thiocarbonyl (C=S) groups is 1. The number of hydrogen-bond acceptors (Lipinski definition) is 6. The average molecular weight is 482 g/mol. The van der Waals surface area contributed by atoms with Crippen molar-refractivity contribution in [3.63, 3.8) is 0 Å². The minimum absolute atomic E-state index is 0.155. The molecule has 2 heterocycles. The van der Waals surface area contributed by atoms with E-state index in [0.29, 0.717) is 30.8 Å². The molecule has 0 radical (unpaired) electrons. The Labute approximate surface area is 194 Å². The number of hydrogen-bond donors (Lipinski definition) is 4. The van der Waals surface area contributed by atoms with Gasteiger partial charge in [-0.1, -0.05) is 42.0 Å². The molecule has 31 heavy (non-hydrogen) atoms. The van der Waals surface area contributed by atoms with E-state index >= 15 is 0 Å². The zero-order chi connectivity index (χ0) is 22.5. The molecule has 166 valence electrons. The molecule has 0 spiro atoms. The second kappa shape index (κ2) is 10.5. The molecule has 3 atom stereocenters. The largest absolute Gasteiger partial charge is 0.392 e. The van der Waals surface area contributed by atoms with Gasteiger partial charge in [-0.05, 0) is 47.9 Å². The first kappa shape index (κ1) is 23.6. The second-order valence-electron chi connectivity index (χ2n) is 7.39. The van der Waals surface area contributed by atoms with Crippen LogP contribution in [0.5, 0.6) is 0 Å². The summed E-state index contributed by atoms with van der Waals surface area (Å²) in [6.07, 6.45) is -1.81. The smallest absolute Gasteiger partial charge is 0.255 e. The highest BCUT2D eigenvalue weighted by atomic mass is 35.5. The first-order valence-electron chi connectivity index (χ1n) is 9.81. The fraction of sp³-hybridized carbons (Fsp3) is 0.381. The third-order valence-electron chi connectivity index (χ3n) is 5.18. The predicted octanol–water partition coefficient (Wildman–Crippen LogP) is 1.61. The van der Waals surface area contributed by atoms with Crippen LogP contribution < -0.4 is 11.1 Å². The van der Waals surface area contributed by atoms with E-state index in [9.17, 15) is 19.8 Å². The first-order valence-corrected chi connectivity index (χ1v) is 11.5. The van der Waals surface area contributed by atoms with Crippen LogP contribution in [0.3, 0.4) is 0 Å². The number of likely N-dealkylation sites (tertiary alicyclic amines) is 1. The SMILES string of the molecule is NC(=S)[C@H]1CCCN1C(=O)[C@H](O)[C@@H](O)C(=O)NCc1cc(Cc2ccccc2Cl)cs1. The van der Waals surface area contributed by atoms with Crippen LogP contribution in [0.25, 0.3) is 0 Å². The zero-order valence-corrected chi connectivity index (χ0v) is 19.1. The molecule has 1 aliphatic rings. The Hall–Kier alpha value is -2.04. The van der Waals surface area contributed by atoms with E-state index in [0.717, 1.165) is 16.0 Å². The number of rotatable bonds is 8. The molecule has 1 aliphatic heterocycles. The van der Waals surface area contributed by atoms with Crippen molar-refractivity contribution < 1.29 is 19.8 Å². The van der Waals surface area contributed by atoms with Gasteiger partial charge in [0, 0.05) is 16.4 Å². The highest BCUT2D eigenvalue weighted by Crippen LogP contribution is 2.23. The van der Waals surface area contributed by atoms with Crippen LogP contribution in [0, 0.1) is 0 Å². The number of amides is 2. The van der Waals surface area contributed by atoms with E-state index in [2.05, 4.69) is 5.32 Å². The highest BCUT2D eigenvalue weighted by molar-refractivity contribution is 7.80. The van der Waals surface area contributed by atoms with Crippen molar-refractivity contribution in [2.24, 2.45) is 5.73 Å². The highest BCUT2D eigenvalue weighted by Gasteiger charge is 2.38. The van der Waals surface area contributed by atoms with E-state index in [-0.39, 0.29) is 11.5 Å². The number of carbonyl (C=O) groups is 2. The van der Waals surface area contributed by atoms with E-state index in [1.165, 1.54) is 16.2 Å². The van der Waals surface area contributed by atoms with Gasteiger partial charge in [-0.2, -0.15) is 0 Å². The van der Waals surface area contributed by atoms with Crippen LogP contribution >= 0.6 is 35.2 Å². The maximum absolute atomic E-state index is 12.5. The molecule has 0 saturated carbocycles. The van der Waals surface area contributed by atoms with Crippen LogP contribution in [-0.4, -0.2) is 56.7 Å². The fourth-order valence-corrected chi connectivity index (χ4v) is 4.80. The molecule has 3 rings (SSSR count). The van der Waals surface area contributed by atoms with Gasteiger partial charge in [-0.15, -0.1) is 11.3 Å². The molecule has 1 aromatic carbocycles. The quantitative estimate of drug-likeness (QED) is 0.426. The summed E-state index contributed by atoms with van der Waals surface area (Å²) in [5, 5.41) is 25.6. The number of halogens is 1. The van der Waals surface area contributed by atoms with E-state index < -0.39 is 30.1 Å².